The molecule has 24 heavy (non-hydrogen) atoms. The third-order valence-corrected chi connectivity index (χ3v) is 4.16. The SMILES string of the molecule is Cn1c(C(F)(F)c2ccccn2)nc2cnc3ccc(Cl)cc3c21. The number of fused-ring (bicyclic) bond motifs is 3. The van der Waals surface area contributed by atoms with Gasteiger partial charge in [0.1, 0.15) is 11.2 Å². The fraction of sp³-hybridized carbons (Fsp3) is 0.118. The highest BCUT2D eigenvalue weighted by Gasteiger charge is 2.40. The molecule has 0 bridgehead atoms. The molecule has 3 aromatic heterocycles. The number of aromatic nitrogens is 4. The van der Waals surface area contributed by atoms with Crippen molar-refractivity contribution in [2.75, 3.05) is 0 Å². The Balaban J connectivity index is 2.03. The number of alkyl halides is 2. The van der Waals surface area contributed by atoms with Crippen molar-refractivity contribution in [2.24, 2.45) is 7.05 Å². The molecule has 0 N–H and O–H groups in total. The lowest BCUT2D eigenvalue weighted by Crippen LogP contribution is -2.21. The molecule has 0 saturated carbocycles. The van der Waals surface area contributed by atoms with Crippen LogP contribution in [0, 0.1) is 0 Å². The normalized spacial score (nSPS) is 12.2. The number of pyridine rings is 2. The molecule has 0 saturated heterocycles. The van der Waals surface area contributed by atoms with Crippen LogP contribution in [0.5, 0.6) is 0 Å². The topological polar surface area (TPSA) is 43.6 Å². The van der Waals surface area contributed by atoms with Gasteiger partial charge in [-0.15, -0.1) is 0 Å². The monoisotopic (exact) mass is 344 g/mol. The predicted octanol–water partition coefficient (Wildman–Crippen LogP) is 4.31. The van der Waals surface area contributed by atoms with Crippen LogP contribution in [0.25, 0.3) is 21.9 Å². The zero-order valence-electron chi connectivity index (χ0n) is 12.5. The number of benzene rings is 1. The Morgan fingerprint density at radius 1 is 1.08 bits per heavy atom. The number of hydrogen-bond acceptors (Lipinski definition) is 3. The quantitative estimate of drug-likeness (QED) is 0.544. The molecule has 120 valence electrons. The van der Waals surface area contributed by atoms with E-state index in [1.807, 2.05) is 0 Å². The lowest BCUT2D eigenvalue weighted by molar-refractivity contribution is 0.0258. The largest absolute Gasteiger partial charge is 0.346 e. The Morgan fingerprint density at radius 2 is 1.92 bits per heavy atom. The minimum atomic E-state index is -3.32. The Bertz CT molecular complexity index is 1060. The van der Waals surface area contributed by atoms with Crippen molar-refractivity contribution in [1.29, 1.82) is 0 Å². The van der Waals surface area contributed by atoms with Gasteiger partial charge in [-0.1, -0.05) is 17.7 Å². The van der Waals surface area contributed by atoms with Crippen LogP contribution in [0.3, 0.4) is 0 Å². The second-order valence-corrected chi connectivity index (χ2v) is 5.87. The number of hydrogen-bond donors (Lipinski definition) is 0. The Kier molecular flexibility index (Phi) is 3.25. The minimum absolute atomic E-state index is 0.348. The summed E-state index contributed by atoms with van der Waals surface area (Å²) in [5, 5.41) is 1.19. The summed E-state index contributed by atoms with van der Waals surface area (Å²) in [6.45, 7) is 0. The molecular weight excluding hydrogens is 334 g/mol. The maximum Gasteiger partial charge on any atom is 0.346 e. The third kappa shape index (κ3) is 2.14. The van der Waals surface area contributed by atoms with Crippen molar-refractivity contribution in [2.45, 2.75) is 5.92 Å². The van der Waals surface area contributed by atoms with Crippen molar-refractivity contribution < 1.29 is 8.78 Å². The van der Waals surface area contributed by atoms with Crippen LogP contribution in [-0.4, -0.2) is 19.5 Å². The first kappa shape index (κ1) is 15.0. The molecule has 1 aromatic carbocycles. The van der Waals surface area contributed by atoms with Crippen molar-refractivity contribution in [3.05, 3.63) is 65.3 Å². The molecule has 0 amide bonds. The summed E-state index contributed by atoms with van der Waals surface area (Å²) < 4.78 is 31.1. The fourth-order valence-electron chi connectivity index (χ4n) is 2.81. The summed E-state index contributed by atoms with van der Waals surface area (Å²) in [6, 6.07) is 9.57. The van der Waals surface area contributed by atoms with Crippen molar-refractivity contribution in [3.63, 3.8) is 0 Å². The molecule has 3 heterocycles. The van der Waals surface area contributed by atoms with E-state index in [0.717, 1.165) is 0 Å². The van der Waals surface area contributed by atoms with Gasteiger partial charge in [-0.2, -0.15) is 8.78 Å². The molecule has 7 heteroatoms. The minimum Gasteiger partial charge on any atom is -0.325 e. The smallest absolute Gasteiger partial charge is 0.325 e. The van der Waals surface area contributed by atoms with E-state index in [-0.39, 0.29) is 11.5 Å². The Morgan fingerprint density at radius 3 is 2.67 bits per heavy atom. The summed E-state index contributed by atoms with van der Waals surface area (Å²) in [4.78, 5) is 12.1. The molecule has 0 aliphatic carbocycles. The zero-order valence-corrected chi connectivity index (χ0v) is 13.3. The molecule has 4 aromatic rings. The maximum absolute atomic E-state index is 14.9. The highest BCUT2D eigenvalue weighted by atomic mass is 35.5. The van der Waals surface area contributed by atoms with E-state index < -0.39 is 5.92 Å². The molecule has 0 spiro atoms. The van der Waals surface area contributed by atoms with Crippen LogP contribution in [0.15, 0.2) is 48.8 Å². The van der Waals surface area contributed by atoms with Gasteiger partial charge in [0.2, 0.25) is 0 Å². The van der Waals surface area contributed by atoms with Crippen LogP contribution in [0.1, 0.15) is 11.5 Å². The van der Waals surface area contributed by atoms with E-state index in [0.29, 0.717) is 27.0 Å². The standard InChI is InChI=1S/C17H11ClF2N4/c1-24-15-11-8-10(18)5-6-12(11)22-9-13(15)23-16(24)17(19,20)14-4-2-3-7-21-14/h2-9H,1H3. The van der Waals surface area contributed by atoms with Gasteiger partial charge in [0, 0.05) is 23.7 Å². The summed E-state index contributed by atoms with van der Waals surface area (Å²) in [6.07, 6.45) is 2.83. The number of nitrogens with zero attached hydrogens (tertiary/aromatic N) is 4. The Labute approximate surface area is 140 Å². The van der Waals surface area contributed by atoms with Gasteiger partial charge in [-0.05, 0) is 30.3 Å². The molecule has 0 aliphatic rings. The van der Waals surface area contributed by atoms with E-state index >= 15 is 0 Å². The number of halogens is 3. The highest BCUT2D eigenvalue weighted by Crippen LogP contribution is 2.36. The van der Waals surface area contributed by atoms with Gasteiger partial charge < -0.3 is 4.57 Å². The van der Waals surface area contributed by atoms with Gasteiger partial charge in [-0.3, -0.25) is 9.97 Å². The lowest BCUT2D eigenvalue weighted by atomic mass is 10.2. The number of imidazole rings is 1. The van der Waals surface area contributed by atoms with E-state index in [1.54, 1.807) is 31.3 Å². The average molecular weight is 345 g/mol. The summed E-state index contributed by atoms with van der Waals surface area (Å²) >= 11 is 6.05. The Hall–Kier alpha value is -2.60. The van der Waals surface area contributed by atoms with Crippen LogP contribution in [0.4, 0.5) is 8.78 Å². The van der Waals surface area contributed by atoms with Crippen LogP contribution in [-0.2, 0) is 13.0 Å². The lowest BCUT2D eigenvalue weighted by Gasteiger charge is -2.15. The number of rotatable bonds is 2. The summed E-state index contributed by atoms with van der Waals surface area (Å²) in [7, 11) is 1.56. The average Bonchev–Trinajstić information content (AvgIpc) is 2.93. The van der Waals surface area contributed by atoms with Crippen molar-refractivity contribution in [1.82, 2.24) is 19.5 Å². The van der Waals surface area contributed by atoms with Gasteiger partial charge in [0.05, 0.1) is 17.2 Å². The maximum atomic E-state index is 14.9. The molecule has 0 atom stereocenters. The number of aryl methyl sites for hydroxylation is 1. The van der Waals surface area contributed by atoms with Crippen LogP contribution < -0.4 is 0 Å². The summed E-state index contributed by atoms with van der Waals surface area (Å²) in [5.41, 5.74) is 1.27. The third-order valence-electron chi connectivity index (χ3n) is 3.93. The van der Waals surface area contributed by atoms with Crippen LogP contribution >= 0.6 is 11.6 Å². The van der Waals surface area contributed by atoms with Crippen LogP contribution in [0.2, 0.25) is 5.02 Å². The van der Waals surface area contributed by atoms with Gasteiger partial charge in [0.25, 0.3) is 0 Å². The second kappa shape index (κ2) is 5.21. The summed E-state index contributed by atoms with van der Waals surface area (Å²) in [5.74, 6) is -3.70. The highest BCUT2D eigenvalue weighted by molar-refractivity contribution is 6.31. The molecule has 4 rings (SSSR count). The first-order valence-electron chi connectivity index (χ1n) is 7.19. The molecule has 0 fully saturated rings. The van der Waals surface area contributed by atoms with Gasteiger partial charge in [-0.25, -0.2) is 4.98 Å². The molecule has 0 radical (unpaired) electrons. The van der Waals surface area contributed by atoms with Crippen molar-refractivity contribution in [3.8, 4) is 0 Å². The molecule has 0 unspecified atom stereocenters. The molecule has 0 aliphatic heterocycles. The zero-order chi connectivity index (χ0) is 16.9. The van der Waals surface area contributed by atoms with E-state index in [1.165, 1.54) is 29.1 Å². The predicted molar refractivity (Wildman–Crippen MR) is 88.3 cm³/mol. The van der Waals surface area contributed by atoms with Gasteiger partial charge >= 0.3 is 5.92 Å². The second-order valence-electron chi connectivity index (χ2n) is 5.44. The van der Waals surface area contributed by atoms with E-state index in [2.05, 4.69) is 15.0 Å². The molecular formula is C17H11ClF2N4. The van der Waals surface area contributed by atoms with Crippen molar-refractivity contribution >= 4 is 33.5 Å². The van der Waals surface area contributed by atoms with Gasteiger partial charge in [0.15, 0.2) is 5.82 Å². The fourth-order valence-corrected chi connectivity index (χ4v) is 2.99. The van der Waals surface area contributed by atoms with E-state index in [4.69, 9.17) is 11.6 Å². The first-order valence-corrected chi connectivity index (χ1v) is 7.57. The van der Waals surface area contributed by atoms with E-state index in [9.17, 15) is 8.78 Å². The first-order chi connectivity index (χ1) is 11.5. The molecule has 4 nitrogen and oxygen atoms in total.